The highest BCUT2D eigenvalue weighted by Crippen LogP contribution is 2.33. The molecule has 4 rings (SSSR count). The minimum atomic E-state index is 0.0136. The summed E-state index contributed by atoms with van der Waals surface area (Å²) in [5.74, 6) is 0.569. The van der Waals surface area contributed by atoms with Crippen LogP contribution < -0.4 is 0 Å². The molecule has 0 N–H and O–H groups in total. The van der Waals surface area contributed by atoms with E-state index >= 15 is 0 Å². The van der Waals surface area contributed by atoms with Crippen molar-refractivity contribution in [3.63, 3.8) is 0 Å². The van der Waals surface area contributed by atoms with Crippen LogP contribution in [0.5, 0.6) is 0 Å². The van der Waals surface area contributed by atoms with Crippen molar-refractivity contribution in [2.45, 2.75) is 26.2 Å². The molecule has 0 aliphatic rings. The van der Waals surface area contributed by atoms with Gasteiger partial charge in [0.2, 0.25) is 11.3 Å². The fourth-order valence-corrected chi connectivity index (χ4v) is 2.87. The normalized spacial score (nSPS) is 12.0. The lowest BCUT2D eigenvalue weighted by Crippen LogP contribution is -2.12. The summed E-state index contributed by atoms with van der Waals surface area (Å²) in [5, 5.41) is 10.8. The average molecular weight is 315 g/mol. The summed E-state index contributed by atoms with van der Waals surface area (Å²) in [6, 6.07) is 12.6. The number of nitrogens with zero attached hydrogens (tertiary/aromatic N) is 5. The number of hydrogen-bond donors (Lipinski definition) is 0. The molecule has 24 heavy (non-hydrogen) atoms. The quantitative estimate of drug-likeness (QED) is 0.532. The van der Waals surface area contributed by atoms with E-state index in [9.17, 15) is 0 Å². The highest BCUT2D eigenvalue weighted by atomic mass is 15.2. The lowest BCUT2D eigenvalue weighted by molar-refractivity contribution is 0.596. The van der Waals surface area contributed by atoms with Crippen molar-refractivity contribution in [1.82, 2.24) is 25.1 Å². The van der Waals surface area contributed by atoms with Crippen LogP contribution in [0.3, 0.4) is 0 Å². The monoisotopic (exact) mass is 315 g/mol. The first-order valence-electron chi connectivity index (χ1n) is 7.87. The molecule has 5 heteroatoms. The Kier molecular flexibility index (Phi) is 3.23. The number of rotatable bonds is 1. The third-order valence-electron chi connectivity index (χ3n) is 4.04. The van der Waals surface area contributed by atoms with Gasteiger partial charge in [-0.1, -0.05) is 45.0 Å². The lowest BCUT2D eigenvalue weighted by Gasteiger charge is -2.22. The van der Waals surface area contributed by atoms with E-state index in [0.29, 0.717) is 17.1 Å². The summed E-state index contributed by atoms with van der Waals surface area (Å²) in [7, 11) is 0. The van der Waals surface area contributed by atoms with Gasteiger partial charge in [-0.15, -0.1) is 10.2 Å². The molecular weight excluding hydrogens is 298 g/mol. The van der Waals surface area contributed by atoms with Gasteiger partial charge in [-0.3, -0.25) is 0 Å². The molecule has 5 nitrogen and oxygen atoms in total. The summed E-state index contributed by atoms with van der Waals surface area (Å²) in [5.41, 5.74) is 3.18. The Morgan fingerprint density at radius 2 is 1.58 bits per heavy atom. The van der Waals surface area contributed by atoms with E-state index in [1.54, 1.807) is 12.4 Å². The van der Waals surface area contributed by atoms with E-state index in [0.717, 1.165) is 5.56 Å². The van der Waals surface area contributed by atoms with Crippen LogP contribution in [0, 0.1) is 0 Å². The second-order valence-corrected chi connectivity index (χ2v) is 6.83. The molecule has 0 aliphatic heterocycles. The predicted octanol–water partition coefficient (Wildman–Crippen LogP) is 3.93. The summed E-state index contributed by atoms with van der Waals surface area (Å²) in [4.78, 5) is 12.9. The van der Waals surface area contributed by atoms with Gasteiger partial charge in [0.15, 0.2) is 5.82 Å². The Balaban J connectivity index is 1.98. The Bertz CT molecular complexity index is 1050. The van der Waals surface area contributed by atoms with Crippen molar-refractivity contribution in [1.29, 1.82) is 0 Å². The van der Waals surface area contributed by atoms with E-state index < -0.39 is 0 Å². The SMILES string of the molecule is CC(C)(C)c1cc(-c2nnc3nccnc3n2)cc2ccccc12. The summed E-state index contributed by atoms with van der Waals surface area (Å²) < 4.78 is 0. The minimum absolute atomic E-state index is 0.0136. The van der Waals surface area contributed by atoms with E-state index in [-0.39, 0.29) is 5.41 Å². The first-order chi connectivity index (χ1) is 11.5. The molecule has 0 spiro atoms. The molecule has 2 aromatic heterocycles. The Hall–Kier alpha value is -2.95. The minimum Gasteiger partial charge on any atom is -0.232 e. The molecule has 2 heterocycles. The van der Waals surface area contributed by atoms with E-state index in [2.05, 4.69) is 76.3 Å². The van der Waals surface area contributed by atoms with Crippen molar-refractivity contribution in [2.24, 2.45) is 0 Å². The molecule has 0 unspecified atom stereocenters. The largest absolute Gasteiger partial charge is 0.232 e. The lowest BCUT2D eigenvalue weighted by atomic mass is 9.82. The fraction of sp³-hybridized carbons (Fsp3) is 0.211. The van der Waals surface area contributed by atoms with Gasteiger partial charge < -0.3 is 0 Å². The molecule has 0 fully saturated rings. The van der Waals surface area contributed by atoms with Crippen LogP contribution in [0.2, 0.25) is 0 Å². The fourth-order valence-electron chi connectivity index (χ4n) is 2.87. The smallest absolute Gasteiger partial charge is 0.219 e. The summed E-state index contributed by atoms with van der Waals surface area (Å²) >= 11 is 0. The highest BCUT2D eigenvalue weighted by Gasteiger charge is 2.19. The van der Waals surface area contributed by atoms with Gasteiger partial charge in [-0.2, -0.15) is 0 Å². The molecule has 0 bridgehead atoms. The van der Waals surface area contributed by atoms with Crippen LogP contribution in [-0.2, 0) is 5.41 Å². The molecule has 0 saturated heterocycles. The second kappa shape index (κ2) is 5.30. The molecular formula is C19H17N5. The van der Waals surface area contributed by atoms with Gasteiger partial charge in [-0.05, 0) is 33.9 Å². The molecule has 118 valence electrons. The Morgan fingerprint density at radius 1 is 0.833 bits per heavy atom. The van der Waals surface area contributed by atoms with Crippen molar-refractivity contribution in [2.75, 3.05) is 0 Å². The van der Waals surface area contributed by atoms with Crippen LogP contribution in [0.15, 0.2) is 48.8 Å². The highest BCUT2D eigenvalue weighted by molar-refractivity contribution is 5.90. The third-order valence-corrected chi connectivity index (χ3v) is 4.04. The standard InChI is InChI=1S/C19H17N5/c1-19(2,3)15-11-13(10-12-6-4-5-7-14(12)15)16-22-17-18(24-23-16)21-9-8-20-17/h4-11H,1-3H3. The number of aromatic nitrogens is 5. The zero-order chi connectivity index (χ0) is 16.7. The molecule has 4 aromatic rings. The Labute approximate surface area is 139 Å². The van der Waals surface area contributed by atoms with Gasteiger partial charge in [0, 0.05) is 18.0 Å². The predicted molar refractivity (Wildman–Crippen MR) is 94.6 cm³/mol. The maximum Gasteiger partial charge on any atom is 0.219 e. The maximum atomic E-state index is 4.53. The van der Waals surface area contributed by atoms with E-state index in [1.807, 2.05) is 6.07 Å². The van der Waals surface area contributed by atoms with Gasteiger partial charge in [-0.25, -0.2) is 15.0 Å². The van der Waals surface area contributed by atoms with E-state index in [4.69, 9.17) is 0 Å². The zero-order valence-electron chi connectivity index (χ0n) is 13.9. The Morgan fingerprint density at radius 3 is 2.38 bits per heavy atom. The van der Waals surface area contributed by atoms with Gasteiger partial charge in [0.1, 0.15) is 0 Å². The molecule has 0 atom stereocenters. The molecule has 2 aromatic carbocycles. The van der Waals surface area contributed by atoms with Crippen LogP contribution in [0.1, 0.15) is 26.3 Å². The summed E-state index contributed by atoms with van der Waals surface area (Å²) in [6.45, 7) is 6.64. The van der Waals surface area contributed by atoms with Crippen LogP contribution >= 0.6 is 0 Å². The van der Waals surface area contributed by atoms with Crippen molar-refractivity contribution < 1.29 is 0 Å². The van der Waals surface area contributed by atoms with Crippen molar-refractivity contribution in [3.8, 4) is 11.4 Å². The first-order valence-corrected chi connectivity index (χ1v) is 7.87. The average Bonchev–Trinajstić information content (AvgIpc) is 2.59. The number of hydrogen-bond acceptors (Lipinski definition) is 5. The topological polar surface area (TPSA) is 64.5 Å². The first kappa shape index (κ1) is 14.6. The van der Waals surface area contributed by atoms with Gasteiger partial charge in [0.25, 0.3) is 0 Å². The molecule has 0 aliphatic carbocycles. The van der Waals surface area contributed by atoms with Gasteiger partial charge in [0.05, 0.1) is 0 Å². The second-order valence-electron chi connectivity index (χ2n) is 6.83. The van der Waals surface area contributed by atoms with Crippen molar-refractivity contribution in [3.05, 3.63) is 54.4 Å². The zero-order valence-corrected chi connectivity index (χ0v) is 13.9. The molecule has 0 radical (unpaired) electrons. The maximum absolute atomic E-state index is 4.53. The summed E-state index contributed by atoms with van der Waals surface area (Å²) in [6.07, 6.45) is 3.20. The van der Waals surface area contributed by atoms with Gasteiger partial charge >= 0.3 is 0 Å². The van der Waals surface area contributed by atoms with Crippen LogP contribution in [-0.4, -0.2) is 25.1 Å². The molecule has 0 saturated carbocycles. The molecule has 0 amide bonds. The van der Waals surface area contributed by atoms with Crippen LogP contribution in [0.4, 0.5) is 0 Å². The number of fused-ring (bicyclic) bond motifs is 2. The van der Waals surface area contributed by atoms with Crippen molar-refractivity contribution >= 4 is 22.1 Å². The van der Waals surface area contributed by atoms with E-state index in [1.165, 1.54) is 16.3 Å². The van der Waals surface area contributed by atoms with Crippen LogP contribution in [0.25, 0.3) is 33.5 Å². The third kappa shape index (κ3) is 2.48. The number of benzene rings is 2.